The van der Waals surface area contributed by atoms with Gasteiger partial charge in [-0.1, -0.05) is 68.3 Å². The lowest BCUT2D eigenvalue weighted by Crippen LogP contribution is -2.26. The van der Waals surface area contributed by atoms with Crippen LogP contribution in [0.4, 0.5) is 0 Å². The number of fused-ring (bicyclic) bond motifs is 2. The highest BCUT2D eigenvalue weighted by Crippen LogP contribution is 2.44. The van der Waals surface area contributed by atoms with Gasteiger partial charge < -0.3 is 45.0 Å². The van der Waals surface area contributed by atoms with Crippen LogP contribution >= 0.6 is 0 Å². The molecule has 2 amide bonds. The van der Waals surface area contributed by atoms with Crippen LogP contribution in [0.1, 0.15) is 90.8 Å². The van der Waals surface area contributed by atoms with Gasteiger partial charge in [0, 0.05) is 61.7 Å². The Morgan fingerprint density at radius 2 is 1.44 bits per heavy atom. The van der Waals surface area contributed by atoms with Gasteiger partial charge in [-0.05, 0) is 109 Å². The molecule has 0 bridgehead atoms. The Hall–Kier alpha value is -7.19. The predicted octanol–water partition coefficient (Wildman–Crippen LogP) is 9.20. The van der Waals surface area contributed by atoms with Crippen LogP contribution < -0.4 is 10.6 Å². The van der Waals surface area contributed by atoms with Crippen LogP contribution in [-0.4, -0.2) is 79.1 Å². The summed E-state index contributed by atoms with van der Waals surface area (Å²) in [5.74, 6) is -0.262. The molecule has 4 aromatic carbocycles. The van der Waals surface area contributed by atoms with E-state index in [0.29, 0.717) is 70.3 Å². The lowest BCUT2D eigenvalue weighted by molar-refractivity contribution is 0.0918. The standard InChI is InChI=1S/C26H31N3O4.C24H23N3O4/c1-5-27-26(32)24-23(17-6-7-18-14-29(4)9-8-16(18)11-17)25(33-28-24)20-12-19(10-15(2)3)21(30)13-22(20)31;1-4-26-24(30)23-21(15-5-6-16-12-25-8-7-14(16)9-15)22(27-31-23)18-10-17(13(2)3)19(28)11-20(18)29/h6-7,11-13,15,30-31H,5,8-10,14H2,1-4H3,(H,27,32);5-13,28-29H,4H2,1-3H3,(H,26,30). The summed E-state index contributed by atoms with van der Waals surface area (Å²) >= 11 is 0. The van der Waals surface area contributed by atoms with Gasteiger partial charge in [0.15, 0.2) is 11.5 Å². The van der Waals surface area contributed by atoms with Crippen molar-refractivity contribution in [1.29, 1.82) is 0 Å². The van der Waals surface area contributed by atoms with Gasteiger partial charge in [0.05, 0.1) is 16.7 Å². The zero-order valence-corrected chi connectivity index (χ0v) is 37.1. The van der Waals surface area contributed by atoms with Gasteiger partial charge in [-0.25, -0.2) is 0 Å². The number of benzene rings is 4. The maximum Gasteiger partial charge on any atom is 0.290 e. The number of phenols is 4. The average molecular weight is 867 g/mol. The van der Waals surface area contributed by atoms with E-state index in [-0.39, 0.29) is 46.3 Å². The molecule has 0 saturated heterocycles. The van der Waals surface area contributed by atoms with Crippen molar-refractivity contribution in [1.82, 2.24) is 30.8 Å². The highest BCUT2D eigenvalue weighted by molar-refractivity contribution is 6.04. The molecule has 4 heterocycles. The molecule has 0 fully saturated rings. The van der Waals surface area contributed by atoms with Gasteiger partial charge in [0.2, 0.25) is 5.76 Å². The third kappa shape index (κ3) is 9.27. The van der Waals surface area contributed by atoms with Crippen molar-refractivity contribution in [3.05, 3.63) is 113 Å². The first-order valence-electron chi connectivity index (χ1n) is 21.5. The molecular weight excluding hydrogens is 813 g/mol. The van der Waals surface area contributed by atoms with E-state index in [4.69, 9.17) is 9.05 Å². The molecule has 332 valence electrons. The Balaban J connectivity index is 0.000000192. The number of amides is 2. The highest BCUT2D eigenvalue weighted by Gasteiger charge is 2.29. The zero-order valence-electron chi connectivity index (χ0n) is 37.1. The van der Waals surface area contributed by atoms with Crippen LogP contribution in [-0.2, 0) is 19.4 Å². The third-order valence-corrected chi connectivity index (χ3v) is 11.2. The van der Waals surface area contributed by atoms with Crippen LogP contribution in [0.25, 0.3) is 55.6 Å². The van der Waals surface area contributed by atoms with Crippen LogP contribution in [0.15, 0.2) is 88.2 Å². The summed E-state index contributed by atoms with van der Waals surface area (Å²) < 4.78 is 11.2. The van der Waals surface area contributed by atoms with E-state index in [1.165, 1.54) is 23.3 Å². The van der Waals surface area contributed by atoms with Gasteiger partial charge in [-0.3, -0.25) is 14.6 Å². The van der Waals surface area contributed by atoms with E-state index >= 15 is 0 Å². The number of phenolic OH excluding ortho intramolecular Hbond substituents is 4. The van der Waals surface area contributed by atoms with Gasteiger partial charge in [-0.2, -0.15) is 0 Å². The molecule has 1 aliphatic heterocycles. The molecule has 6 N–H and O–H groups in total. The first kappa shape index (κ1) is 44.9. The van der Waals surface area contributed by atoms with Crippen LogP contribution in [0.2, 0.25) is 0 Å². The fraction of sp³-hybridized carbons (Fsp3) is 0.300. The summed E-state index contributed by atoms with van der Waals surface area (Å²) in [5, 5.41) is 57.5. The van der Waals surface area contributed by atoms with Crippen LogP contribution in [0.3, 0.4) is 0 Å². The molecule has 0 unspecified atom stereocenters. The highest BCUT2D eigenvalue weighted by atomic mass is 16.5. The summed E-state index contributed by atoms with van der Waals surface area (Å²) in [4.78, 5) is 31.9. The summed E-state index contributed by atoms with van der Waals surface area (Å²) in [7, 11) is 2.10. The number of pyridine rings is 1. The third-order valence-electron chi connectivity index (χ3n) is 11.2. The number of aromatic nitrogens is 3. The van der Waals surface area contributed by atoms with Crippen molar-refractivity contribution in [3.8, 4) is 67.8 Å². The first-order chi connectivity index (χ1) is 30.7. The molecule has 14 heteroatoms. The van der Waals surface area contributed by atoms with Crippen LogP contribution in [0, 0.1) is 5.92 Å². The SMILES string of the molecule is CCNC(=O)c1noc(-c2cc(CC(C)C)c(O)cc2O)c1-c1ccc2c(c1)CCN(C)C2.CCNC(=O)c1onc(-c2cc(C(C)C)c(O)cc2O)c1-c1ccc2cnccc2c1. The summed E-state index contributed by atoms with van der Waals surface area (Å²) in [6.45, 7) is 14.4. The van der Waals surface area contributed by atoms with E-state index in [1.54, 1.807) is 24.5 Å². The fourth-order valence-electron chi connectivity index (χ4n) is 8.02. The molecule has 64 heavy (non-hydrogen) atoms. The molecule has 0 atom stereocenters. The molecule has 0 spiro atoms. The van der Waals surface area contributed by atoms with E-state index in [2.05, 4.69) is 63.9 Å². The molecular formula is C50H54N6O8. The summed E-state index contributed by atoms with van der Waals surface area (Å²) in [6, 6.07) is 19.8. The molecule has 0 radical (unpaired) electrons. The number of carbonyl (C=O) groups is 2. The minimum atomic E-state index is -0.395. The van der Waals surface area contributed by atoms with E-state index < -0.39 is 5.91 Å². The van der Waals surface area contributed by atoms with Crippen molar-refractivity contribution in [2.24, 2.45) is 5.92 Å². The van der Waals surface area contributed by atoms with Gasteiger partial charge in [0.1, 0.15) is 28.7 Å². The lowest BCUT2D eigenvalue weighted by Gasteiger charge is -2.25. The topological polar surface area (TPSA) is 207 Å². The normalized spacial score (nSPS) is 12.6. The fourth-order valence-corrected chi connectivity index (χ4v) is 8.02. The van der Waals surface area contributed by atoms with Crippen molar-refractivity contribution < 1.29 is 39.1 Å². The number of carbonyl (C=O) groups excluding carboxylic acids is 2. The number of likely N-dealkylation sites (N-methyl/N-ethyl adjacent to an activating group) is 1. The van der Waals surface area contributed by atoms with E-state index in [1.807, 2.05) is 58.0 Å². The second-order valence-electron chi connectivity index (χ2n) is 16.8. The Morgan fingerprint density at radius 3 is 2.17 bits per heavy atom. The second-order valence-corrected chi connectivity index (χ2v) is 16.8. The Morgan fingerprint density at radius 1 is 0.734 bits per heavy atom. The monoisotopic (exact) mass is 866 g/mol. The Bertz CT molecular complexity index is 2840. The largest absolute Gasteiger partial charge is 0.508 e. The molecule has 7 aromatic rings. The van der Waals surface area contributed by atoms with E-state index in [0.717, 1.165) is 41.4 Å². The maximum atomic E-state index is 12.8. The predicted molar refractivity (Wildman–Crippen MR) is 245 cm³/mol. The Kier molecular flexibility index (Phi) is 13.4. The van der Waals surface area contributed by atoms with Gasteiger partial charge >= 0.3 is 0 Å². The van der Waals surface area contributed by atoms with E-state index in [9.17, 15) is 30.0 Å². The summed E-state index contributed by atoms with van der Waals surface area (Å²) in [6.07, 6.45) is 5.02. The number of nitrogens with zero attached hydrogens (tertiary/aromatic N) is 4. The number of nitrogens with one attached hydrogen (secondary N) is 2. The van der Waals surface area contributed by atoms with Crippen molar-refractivity contribution in [2.75, 3.05) is 26.7 Å². The van der Waals surface area contributed by atoms with Crippen molar-refractivity contribution in [3.63, 3.8) is 0 Å². The van der Waals surface area contributed by atoms with Crippen LogP contribution in [0.5, 0.6) is 23.0 Å². The zero-order chi connectivity index (χ0) is 45.8. The summed E-state index contributed by atoms with van der Waals surface area (Å²) in [5.41, 5.74) is 7.69. The molecule has 0 aliphatic carbocycles. The molecule has 1 aliphatic rings. The number of hydrogen-bond acceptors (Lipinski definition) is 12. The molecule has 14 nitrogen and oxygen atoms in total. The van der Waals surface area contributed by atoms with Gasteiger partial charge in [-0.15, -0.1) is 0 Å². The van der Waals surface area contributed by atoms with Gasteiger partial charge in [0.25, 0.3) is 11.8 Å². The molecule has 8 rings (SSSR count). The minimum absolute atomic E-state index is 0.00319. The lowest BCUT2D eigenvalue weighted by atomic mass is 9.91. The molecule has 3 aromatic heterocycles. The second kappa shape index (κ2) is 19.1. The Labute approximate surface area is 371 Å². The van der Waals surface area contributed by atoms with Crippen molar-refractivity contribution >= 4 is 22.6 Å². The minimum Gasteiger partial charge on any atom is -0.508 e. The smallest absolute Gasteiger partial charge is 0.290 e. The number of rotatable bonds is 11. The quantitative estimate of drug-likeness (QED) is 0.0720. The number of hydrogen-bond donors (Lipinski definition) is 6. The number of aromatic hydroxyl groups is 4. The van der Waals surface area contributed by atoms with Crippen molar-refractivity contribution in [2.45, 2.75) is 66.8 Å². The average Bonchev–Trinajstić information content (AvgIpc) is 3.90. The maximum absolute atomic E-state index is 12.8. The first-order valence-corrected chi connectivity index (χ1v) is 21.5. The molecule has 0 saturated carbocycles.